The van der Waals surface area contributed by atoms with Crippen molar-refractivity contribution in [2.24, 2.45) is 0 Å². The van der Waals surface area contributed by atoms with Crippen molar-refractivity contribution in [3.05, 3.63) is 29.8 Å². The van der Waals surface area contributed by atoms with E-state index in [-0.39, 0.29) is 25.0 Å². The van der Waals surface area contributed by atoms with Crippen LogP contribution in [0.2, 0.25) is 0 Å². The van der Waals surface area contributed by atoms with Crippen LogP contribution in [-0.4, -0.2) is 56.5 Å². The Kier molecular flexibility index (Phi) is 6.09. The van der Waals surface area contributed by atoms with E-state index in [1.165, 1.54) is 6.92 Å². The van der Waals surface area contributed by atoms with Gasteiger partial charge in [-0.2, -0.15) is 4.31 Å². The Bertz CT molecular complexity index is 694. The van der Waals surface area contributed by atoms with E-state index < -0.39 is 15.9 Å². The van der Waals surface area contributed by atoms with Crippen LogP contribution in [0, 0.1) is 0 Å². The van der Waals surface area contributed by atoms with Gasteiger partial charge in [-0.25, -0.2) is 8.42 Å². The molecule has 0 spiro atoms. The molecule has 1 amide bonds. The van der Waals surface area contributed by atoms with E-state index in [0.29, 0.717) is 17.9 Å². The molecule has 8 heteroatoms. The molecule has 0 aromatic heterocycles. The highest BCUT2D eigenvalue weighted by Crippen LogP contribution is 2.15. The lowest BCUT2D eigenvalue weighted by molar-refractivity contribution is -0.116. The standard InChI is InChI=1S/C16H22N2O5S/c1-12(19)13-5-7-14(8-6-13)17-16(20)11-18(24(2,21)22)10-15-4-3-9-23-15/h5-8,15H,3-4,9-11H2,1-2H3,(H,17,20). The van der Waals surface area contributed by atoms with Crippen molar-refractivity contribution in [1.82, 2.24) is 4.31 Å². The summed E-state index contributed by atoms with van der Waals surface area (Å²) in [6, 6.07) is 6.44. The number of hydrogen-bond donors (Lipinski definition) is 1. The van der Waals surface area contributed by atoms with Gasteiger partial charge in [-0.3, -0.25) is 9.59 Å². The Hall–Kier alpha value is -1.77. The van der Waals surface area contributed by atoms with Gasteiger partial charge < -0.3 is 10.1 Å². The third-order valence-corrected chi connectivity index (χ3v) is 5.01. The second-order valence-electron chi connectivity index (χ2n) is 5.87. The number of benzene rings is 1. The van der Waals surface area contributed by atoms with Gasteiger partial charge in [0.25, 0.3) is 0 Å². The van der Waals surface area contributed by atoms with Crippen molar-refractivity contribution in [3.63, 3.8) is 0 Å². The molecule has 1 fully saturated rings. The molecule has 0 aliphatic carbocycles. The molecule has 1 aromatic carbocycles. The average Bonchev–Trinajstić information content (AvgIpc) is 2.99. The maximum atomic E-state index is 12.1. The fourth-order valence-electron chi connectivity index (χ4n) is 2.48. The Labute approximate surface area is 142 Å². The lowest BCUT2D eigenvalue weighted by atomic mass is 10.1. The highest BCUT2D eigenvalue weighted by atomic mass is 32.2. The van der Waals surface area contributed by atoms with Crippen LogP contribution in [0.4, 0.5) is 5.69 Å². The van der Waals surface area contributed by atoms with Crippen LogP contribution < -0.4 is 5.32 Å². The largest absolute Gasteiger partial charge is 0.377 e. The number of rotatable bonds is 7. The fraction of sp³-hybridized carbons (Fsp3) is 0.500. The van der Waals surface area contributed by atoms with Gasteiger partial charge in [0.15, 0.2) is 5.78 Å². The average molecular weight is 354 g/mol. The van der Waals surface area contributed by atoms with E-state index in [1.54, 1.807) is 24.3 Å². The molecule has 24 heavy (non-hydrogen) atoms. The topological polar surface area (TPSA) is 92.8 Å². The number of hydrogen-bond acceptors (Lipinski definition) is 5. The lowest BCUT2D eigenvalue weighted by Gasteiger charge is -2.22. The molecule has 0 bridgehead atoms. The lowest BCUT2D eigenvalue weighted by Crippen LogP contribution is -2.41. The van der Waals surface area contributed by atoms with E-state index in [9.17, 15) is 18.0 Å². The quantitative estimate of drug-likeness (QED) is 0.744. The number of nitrogens with one attached hydrogen (secondary N) is 1. The SMILES string of the molecule is CC(=O)c1ccc(NC(=O)CN(CC2CCCO2)S(C)(=O)=O)cc1. The van der Waals surface area contributed by atoms with Crippen LogP contribution in [-0.2, 0) is 19.6 Å². The minimum atomic E-state index is -3.51. The molecular weight excluding hydrogens is 332 g/mol. The number of carbonyl (C=O) groups is 2. The van der Waals surface area contributed by atoms with Gasteiger partial charge in [0.05, 0.1) is 18.9 Å². The van der Waals surface area contributed by atoms with Crippen LogP contribution in [0.1, 0.15) is 30.1 Å². The molecule has 7 nitrogen and oxygen atoms in total. The molecule has 1 N–H and O–H groups in total. The molecule has 1 unspecified atom stereocenters. The fourth-order valence-corrected chi connectivity index (χ4v) is 3.27. The van der Waals surface area contributed by atoms with Crippen molar-refractivity contribution in [2.75, 3.05) is 31.3 Å². The Morgan fingerprint density at radius 2 is 1.96 bits per heavy atom. The van der Waals surface area contributed by atoms with E-state index in [1.807, 2.05) is 0 Å². The summed E-state index contributed by atoms with van der Waals surface area (Å²) in [4.78, 5) is 23.4. The molecule has 0 radical (unpaired) electrons. The second kappa shape index (κ2) is 7.87. The first-order valence-corrected chi connectivity index (χ1v) is 9.58. The van der Waals surface area contributed by atoms with Gasteiger partial charge in [0.1, 0.15) is 0 Å². The van der Waals surface area contributed by atoms with E-state index in [2.05, 4.69) is 5.32 Å². The Morgan fingerprint density at radius 3 is 2.46 bits per heavy atom. The number of ketones is 1. The zero-order valence-corrected chi connectivity index (χ0v) is 14.6. The maximum Gasteiger partial charge on any atom is 0.239 e. The molecule has 1 aliphatic heterocycles. The van der Waals surface area contributed by atoms with E-state index >= 15 is 0 Å². The number of sulfonamides is 1. The minimum Gasteiger partial charge on any atom is -0.377 e. The first-order chi connectivity index (χ1) is 11.3. The normalized spacial score (nSPS) is 17.9. The number of carbonyl (C=O) groups excluding carboxylic acids is 2. The molecule has 1 heterocycles. The van der Waals surface area contributed by atoms with Gasteiger partial charge in [-0.1, -0.05) is 0 Å². The van der Waals surface area contributed by atoms with E-state index in [0.717, 1.165) is 23.4 Å². The monoisotopic (exact) mass is 354 g/mol. The van der Waals surface area contributed by atoms with Crippen LogP contribution >= 0.6 is 0 Å². The van der Waals surface area contributed by atoms with E-state index in [4.69, 9.17) is 4.74 Å². The number of Topliss-reactive ketones (excluding diaryl/α,β-unsaturated/α-hetero) is 1. The summed E-state index contributed by atoms with van der Waals surface area (Å²) in [5, 5.41) is 2.64. The first kappa shape index (κ1) is 18.6. The van der Waals surface area contributed by atoms with Gasteiger partial charge in [0.2, 0.25) is 15.9 Å². The van der Waals surface area contributed by atoms with Crippen molar-refractivity contribution in [2.45, 2.75) is 25.9 Å². The number of anilines is 1. The summed E-state index contributed by atoms with van der Waals surface area (Å²) in [5.74, 6) is -0.498. The van der Waals surface area contributed by atoms with Crippen LogP contribution in [0.3, 0.4) is 0 Å². The Morgan fingerprint density at radius 1 is 1.29 bits per heavy atom. The molecule has 1 aliphatic rings. The summed E-state index contributed by atoms with van der Waals surface area (Å²) in [7, 11) is -3.51. The van der Waals surface area contributed by atoms with Gasteiger partial charge in [-0.05, 0) is 44.0 Å². The van der Waals surface area contributed by atoms with Crippen LogP contribution in [0.25, 0.3) is 0 Å². The van der Waals surface area contributed by atoms with Gasteiger partial charge >= 0.3 is 0 Å². The summed E-state index contributed by atoms with van der Waals surface area (Å²) in [5.41, 5.74) is 1.06. The summed E-state index contributed by atoms with van der Waals surface area (Å²) >= 11 is 0. The minimum absolute atomic E-state index is 0.0623. The molecule has 0 saturated carbocycles. The summed E-state index contributed by atoms with van der Waals surface area (Å²) in [6.45, 7) is 1.99. The van der Waals surface area contributed by atoms with Crippen LogP contribution in [0.15, 0.2) is 24.3 Å². The smallest absolute Gasteiger partial charge is 0.239 e. The summed E-state index contributed by atoms with van der Waals surface area (Å²) in [6.07, 6.45) is 2.61. The molecule has 2 rings (SSSR count). The highest BCUT2D eigenvalue weighted by molar-refractivity contribution is 7.88. The predicted octanol–water partition coefficient (Wildman–Crippen LogP) is 1.27. The zero-order valence-electron chi connectivity index (χ0n) is 13.8. The number of amides is 1. The Balaban J connectivity index is 1.97. The maximum absolute atomic E-state index is 12.1. The van der Waals surface area contributed by atoms with Crippen molar-refractivity contribution in [1.29, 1.82) is 0 Å². The molecular formula is C16H22N2O5S. The molecule has 1 atom stereocenters. The highest BCUT2D eigenvalue weighted by Gasteiger charge is 2.26. The summed E-state index contributed by atoms with van der Waals surface area (Å²) < 4.78 is 30.3. The van der Waals surface area contributed by atoms with Crippen molar-refractivity contribution >= 4 is 27.4 Å². The van der Waals surface area contributed by atoms with Gasteiger partial charge in [-0.15, -0.1) is 0 Å². The first-order valence-electron chi connectivity index (χ1n) is 7.73. The predicted molar refractivity (Wildman–Crippen MR) is 90.5 cm³/mol. The molecule has 1 saturated heterocycles. The second-order valence-corrected chi connectivity index (χ2v) is 7.85. The third kappa shape index (κ3) is 5.40. The molecule has 1 aromatic rings. The van der Waals surface area contributed by atoms with Crippen molar-refractivity contribution < 1.29 is 22.7 Å². The van der Waals surface area contributed by atoms with Crippen LogP contribution in [0.5, 0.6) is 0 Å². The van der Waals surface area contributed by atoms with Gasteiger partial charge in [0, 0.05) is 24.4 Å². The number of ether oxygens (including phenoxy) is 1. The number of nitrogens with zero attached hydrogens (tertiary/aromatic N) is 1. The third-order valence-electron chi connectivity index (χ3n) is 3.80. The zero-order chi connectivity index (χ0) is 17.7. The van der Waals surface area contributed by atoms with Crippen molar-refractivity contribution in [3.8, 4) is 0 Å². The molecule has 132 valence electrons.